The van der Waals surface area contributed by atoms with Gasteiger partial charge in [0.15, 0.2) is 0 Å². The lowest BCUT2D eigenvalue weighted by molar-refractivity contribution is -0.153. The van der Waals surface area contributed by atoms with Crippen molar-refractivity contribution in [1.29, 1.82) is 0 Å². The number of carbonyl (C=O) groups excluding carboxylic acids is 1. The largest absolute Gasteiger partial charge is 0.493 e. The van der Waals surface area contributed by atoms with E-state index < -0.39 is 11.2 Å². The molecule has 5 nitrogen and oxygen atoms in total. The Bertz CT molecular complexity index is 1080. The molecule has 1 aromatic heterocycles. The van der Waals surface area contributed by atoms with Gasteiger partial charge >= 0.3 is 5.97 Å². The van der Waals surface area contributed by atoms with Crippen molar-refractivity contribution in [2.45, 2.75) is 46.6 Å². The number of carbonyl (C=O) groups is 1. The Hall–Kier alpha value is -2.86. The van der Waals surface area contributed by atoms with Gasteiger partial charge in [-0.05, 0) is 64.3 Å². The molecule has 0 radical (unpaired) electrons. The van der Waals surface area contributed by atoms with E-state index in [1.54, 1.807) is 12.3 Å². The Morgan fingerprint density at radius 1 is 1.18 bits per heavy atom. The van der Waals surface area contributed by atoms with Gasteiger partial charge in [0.2, 0.25) is 0 Å². The van der Waals surface area contributed by atoms with Crippen molar-refractivity contribution in [3.8, 4) is 17.1 Å². The zero-order chi connectivity index (χ0) is 23.8. The van der Waals surface area contributed by atoms with Crippen molar-refractivity contribution in [1.82, 2.24) is 9.55 Å². The van der Waals surface area contributed by atoms with E-state index >= 15 is 0 Å². The van der Waals surface area contributed by atoms with Crippen LogP contribution in [0.25, 0.3) is 11.4 Å². The monoisotopic (exact) mass is 472 g/mol. The van der Waals surface area contributed by atoms with E-state index in [-0.39, 0.29) is 11.0 Å². The van der Waals surface area contributed by atoms with Gasteiger partial charge in [0.1, 0.15) is 17.4 Å². The summed E-state index contributed by atoms with van der Waals surface area (Å²) in [7, 11) is 0. The molecule has 0 saturated heterocycles. The zero-order valence-electron chi connectivity index (χ0n) is 19.3. The molecule has 0 aliphatic carbocycles. The highest BCUT2D eigenvalue weighted by atomic mass is 35.5. The number of para-hydroxylation sites is 1. The Labute approximate surface area is 199 Å². The fourth-order valence-electron chi connectivity index (χ4n) is 3.57. The third-order valence-corrected chi connectivity index (χ3v) is 5.79. The van der Waals surface area contributed by atoms with E-state index in [0.29, 0.717) is 31.1 Å². The van der Waals surface area contributed by atoms with E-state index in [0.717, 1.165) is 30.6 Å². The maximum absolute atomic E-state index is 13.9. The van der Waals surface area contributed by atoms with E-state index in [1.807, 2.05) is 55.8 Å². The lowest BCUT2D eigenvalue weighted by Gasteiger charge is -2.22. The van der Waals surface area contributed by atoms with Gasteiger partial charge in [-0.15, -0.1) is 0 Å². The molecule has 0 fully saturated rings. The van der Waals surface area contributed by atoms with Crippen LogP contribution in [0.2, 0.25) is 5.02 Å². The van der Waals surface area contributed by atoms with Crippen molar-refractivity contribution < 1.29 is 18.7 Å². The smallest absolute Gasteiger partial charge is 0.311 e. The van der Waals surface area contributed by atoms with Crippen LogP contribution in [0.4, 0.5) is 4.39 Å². The van der Waals surface area contributed by atoms with Crippen molar-refractivity contribution in [3.05, 3.63) is 71.3 Å². The number of aromatic nitrogens is 2. The third kappa shape index (κ3) is 6.57. The number of unbranched alkanes of at least 4 members (excludes halogenated alkanes) is 1. The van der Waals surface area contributed by atoms with Crippen LogP contribution in [-0.2, 0) is 16.1 Å². The molecule has 0 atom stereocenters. The van der Waals surface area contributed by atoms with Gasteiger partial charge in [-0.1, -0.05) is 29.8 Å². The molecule has 2 aromatic carbocycles. The number of nitrogens with zero attached hydrogens (tertiary/aromatic N) is 2. The van der Waals surface area contributed by atoms with E-state index in [2.05, 4.69) is 4.98 Å². The van der Waals surface area contributed by atoms with E-state index in [4.69, 9.17) is 21.1 Å². The summed E-state index contributed by atoms with van der Waals surface area (Å²) in [6, 6.07) is 12.5. The van der Waals surface area contributed by atoms with Crippen LogP contribution in [0.15, 0.2) is 54.9 Å². The summed E-state index contributed by atoms with van der Waals surface area (Å²) in [4.78, 5) is 16.4. The fourth-order valence-corrected chi connectivity index (χ4v) is 3.69. The average Bonchev–Trinajstić information content (AvgIpc) is 3.24. The molecular formula is C26H30ClFN2O3. The van der Waals surface area contributed by atoms with E-state index in [1.165, 1.54) is 12.1 Å². The summed E-state index contributed by atoms with van der Waals surface area (Å²) in [6.45, 7) is 7.13. The van der Waals surface area contributed by atoms with Gasteiger partial charge < -0.3 is 14.0 Å². The summed E-state index contributed by atoms with van der Waals surface area (Å²) in [5.41, 5.74) is 1.16. The molecule has 0 N–H and O–H groups in total. The predicted molar refractivity (Wildman–Crippen MR) is 128 cm³/mol. The lowest BCUT2D eigenvalue weighted by atomic mass is 9.87. The molecule has 0 bridgehead atoms. The minimum atomic E-state index is -0.493. The summed E-state index contributed by atoms with van der Waals surface area (Å²) in [6.07, 6.45) is 5.99. The summed E-state index contributed by atoms with van der Waals surface area (Å²) in [5, 5.41) is 0.0845. The molecule has 3 aromatic rings. The van der Waals surface area contributed by atoms with Gasteiger partial charge in [0.05, 0.1) is 30.2 Å². The van der Waals surface area contributed by atoms with E-state index in [9.17, 15) is 9.18 Å². The Morgan fingerprint density at radius 3 is 2.73 bits per heavy atom. The maximum Gasteiger partial charge on any atom is 0.311 e. The minimum absolute atomic E-state index is 0.0845. The maximum atomic E-state index is 13.9. The molecule has 0 aliphatic rings. The minimum Gasteiger partial charge on any atom is -0.493 e. The van der Waals surface area contributed by atoms with Crippen LogP contribution in [-0.4, -0.2) is 28.7 Å². The number of ether oxygens (including phenoxy) is 2. The molecule has 1 heterocycles. The van der Waals surface area contributed by atoms with Crippen LogP contribution in [0, 0.1) is 11.2 Å². The number of rotatable bonds is 11. The lowest BCUT2D eigenvalue weighted by Crippen LogP contribution is -2.26. The third-order valence-electron chi connectivity index (χ3n) is 5.49. The standard InChI is InChI=1S/C26H30ClFN2O3/c1-4-32-25(31)26(2,3)13-7-8-16-33-23-10-6-5-9-20(23)18-30-15-14-29-24(30)19-11-12-21(27)22(28)17-19/h5-6,9-12,14-15,17H,4,7-8,13,16,18H2,1-3H3. The molecule has 3 rings (SSSR count). The summed E-state index contributed by atoms with van der Waals surface area (Å²) < 4.78 is 27.1. The predicted octanol–water partition coefficient (Wildman–Crippen LogP) is 6.53. The highest BCUT2D eigenvalue weighted by Gasteiger charge is 2.28. The van der Waals surface area contributed by atoms with Crippen LogP contribution in [0.1, 0.15) is 45.6 Å². The molecule has 0 saturated carbocycles. The number of imidazole rings is 1. The average molecular weight is 473 g/mol. The first-order valence-corrected chi connectivity index (χ1v) is 11.5. The summed E-state index contributed by atoms with van der Waals surface area (Å²) >= 11 is 5.82. The van der Waals surface area contributed by atoms with Crippen LogP contribution in [0.5, 0.6) is 5.75 Å². The Balaban J connectivity index is 1.60. The number of benzene rings is 2. The van der Waals surface area contributed by atoms with Gasteiger partial charge in [0.25, 0.3) is 0 Å². The van der Waals surface area contributed by atoms with Crippen molar-refractivity contribution in [3.63, 3.8) is 0 Å². The van der Waals surface area contributed by atoms with Crippen LogP contribution >= 0.6 is 11.6 Å². The first-order valence-electron chi connectivity index (χ1n) is 11.2. The highest BCUT2D eigenvalue weighted by Crippen LogP contribution is 2.27. The number of esters is 1. The second kappa shape index (κ2) is 11.3. The number of hydrogen-bond donors (Lipinski definition) is 0. The van der Waals surface area contributed by atoms with Crippen LogP contribution < -0.4 is 4.74 Å². The summed E-state index contributed by atoms with van der Waals surface area (Å²) in [5.74, 6) is 0.817. The van der Waals surface area contributed by atoms with Gasteiger partial charge in [-0.2, -0.15) is 0 Å². The first kappa shape index (κ1) is 24.8. The first-order chi connectivity index (χ1) is 15.8. The SMILES string of the molecule is CCOC(=O)C(C)(C)CCCCOc1ccccc1Cn1ccnc1-c1ccc(Cl)c(F)c1. The molecule has 0 spiro atoms. The molecular weight excluding hydrogens is 443 g/mol. The molecule has 0 aliphatic heterocycles. The normalized spacial score (nSPS) is 11.4. The molecule has 176 valence electrons. The fraction of sp³-hybridized carbons (Fsp3) is 0.385. The second-order valence-corrected chi connectivity index (χ2v) is 8.93. The Kier molecular flexibility index (Phi) is 8.50. The quantitative estimate of drug-likeness (QED) is 0.235. The van der Waals surface area contributed by atoms with Crippen molar-refractivity contribution in [2.75, 3.05) is 13.2 Å². The van der Waals surface area contributed by atoms with Gasteiger partial charge in [-0.3, -0.25) is 4.79 Å². The van der Waals surface area contributed by atoms with Crippen molar-refractivity contribution in [2.24, 2.45) is 5.41 Å². The van der Waals surface area contributed by atoms with Gasteiger partial charge in [-0.25, -0.2) is 9.37 Å². The second-order valence-electron chi connectivity index (χ2n) is 8.53. The number of halogens is 2. The van der Waals surface area contributed by atoms with Gasteiger partial charge in [0, 0.05) is 23.5 Å². The molecule has 0 amide bonds. The number of hydrogen-bond acceptors (Lipinski definition) is 4. The molecule has 7 heteroatoms. The van der Waals surface area contributed by atoms with Crippen molar-refractivity contribution >= 4 is 17.6 Å². The topological polar surface area (TPSA) is 53.4 Å². The molecule has 0 unspecified atom stereocenters. The van der Waals surface area contributed by atoms with Crippen LogP contribution in [0.3, 0.4) is 0 Å². The molecule has 33 heavy (non-hydrogen) atoms. The Morgan fingerprint density at radius 2 is 1.97 bits per heavy atom. The zero-order valence-corrected chi connectivity index (χ0v) is 20.1. The highest BCUT2D eigenvalue weighted by molar-refractivity contribution is 6.30.